The number of anilines is 2. The lowest BCUT2D eigenvalue weighted by atomic mass is 9.96. The van der Waals surface area contributed by atoms with E-state index in [1.807, 2.05) is 32.0 Å². The maximum absolute atomic E-state index is 12.6. The number of amides is 1. The molecule has 1 fully saturated rings. The van der Waals surface area contributed by atoms with E-state index < -0.39 is 0 Å². The Morgan fingerprint density at radius 2 is 1.84 bits per heavy atom. The Morgan fingerprint density at radius 3 is 2.48 bits per heavy atom. The molecule has 1 saturated heterocycles. The molecule has 1 N–H and O–H groups in total. The third-order valence-corrected chi connectivity index (χ3v) is 4.72. The summed E-state index contributed by atoms with van der Waals surface area (Å²) in [6.07, 6.45) is 2.63. The number of aromatic nitrogens is 2. The first-order valence-corrected chi connectivity index (χ1v) is 9.02. The van der Waals surface area contributed by atoms with Gasteiger partial charge in [-0.3, -0.25) is 4.79 Å². The molecule has 5 heteroatoms. The summed E-state index contributed by atoms with van der Waals surface area (Å²) in [6, 6.07) is 10.1. The van der Waals surface area contributed by atoms with Crippen molar-refractivity contribution in [2.24, 2.45) is 5.92 Å². The number of piperidine rings is 1. The quantitative estimate of drug-likeness (QED) is 0.927. The van der Waals surface area contributed by atoms with Crippen LogP contribution in [0.4, 0.5) is 11.6 Å². The van der Waals surface area contributed by atoms with E-state index in [0.717, 1.165) is 55.4 Å². The van der Waals surface area contributed by atoms with Gasteiger partial charge in [-0.15, -0.1) is 0 Å². The van der Waals surface area contributed by atoms with Gasteiger partial charge in [0, 0.05) is 36.1 Å². The SMILES string of the molecule is CCc1cccc(NC(=O)C2CCN(c3nc(C)cc(C)n3)CC2)c1. The molecule has 2 heterocycles. The van der Waals surface area contributed by atoms with Crippen LogP contribution >= 0.6 is 0 Å². The molecule has 0 unspecified atom stereocenters. The van der Waals surface area contributed by atoms with E-state index in [1.165, 1.54) is 5.56 Å². The molecular weight excluding hydrogens is 312 g/mol. The average molecular weight is 338 g/mol. The van der Waals surface area contributed by atoms with Crippen LogP contribution in [-0.4, -0.2) is 29.0 Å². The Kier molecular flexibility index (Phi) is 5.31. The van der Waals surface area contributed by atoms with Crippen molar-refractivity contribution in [1.82, 2.24) is 9.97 Å². The zero-order chi connectivity index (χ0) is 17.8. The summed E-state index contributed by atoms with van der Waals surface area (Å²) < 4.78 is 0. The van der Waals surface area contributed by atoms with E-state index in [9.17, 15) is 4.79 Å². The first-order valence-electron chi connectivity index (χ1n) is 9.02. The highest BCUT2D eigenvalue weighted by molar-refractivity contribution is 5.92. The van der Waals surface area contributed by atoms with Crippen molar-refractivity contribution in [3.05, 3.63) is 47.3 Å². The average Bonchev–Trinajstić information content (AvgIpc) is 2.61. The summed E-state index contributed by atoms with van der Waals surface area (Å²) in [7, 11) is 0. The highest BCUT2D eigenvalue weighted by Crippen LogP contribution is 2.23. The molecule has 0 radical (unpaired) electrons. The molecule has 0 spiro atoms. The van der Waals surface area contributed by atoms with Crippen molar-refractivity contribution in [2.75, 3.05) is 23.3 Å². The first kappa shape index (κ1) is 17.4. The van der Waals surface area contributed by atoms with Gasteiger partial charge in [0.25, 0.3) is 0 Å². The number of carbonyl (C=O) groups is 1. The lowest BCUT2D eigenvalue weighted by Crippen LogP contribution is -2.39. The summed E-state index contributed by atoms with van der Waals surface area (Å²) in [5.41, 5.74) is 4.10. The van der Waals surface area contributed by atoms with E-state index in [4.69, 9.17) is 0 Å². The number of nitrogens with zero attached hydrogens (tertiary/aromatic N) is 3. The minimum Gasteiger partial charge on any atom is -0.341 e. The summed E-state index contributed by atoms with van der Waals surface area (Å²) in [4.78, 5) is 23.8. The third kappa shape index (κ3) is 4.35. The second-order valence-corrected chi connectivity index (χ2v) is 6.76. The van der Waals surface area contributed by atoms with Crippen molar-refractivity contribution in [2.45, 2.75) is 40.0 Å². The Bertz CT molecular complexity index is 731. The van der Waals surface area contributed by atoms with Crippen molar-refractivity contribution in [3.63, 3.8) is 0 Å². The molecule has 1 aliphatic rings. The van der Waals surface area contributed by atoms with Crippen LogP contribution < -0.4 is 10.2 Å². The van der Waals surface area contributed by atoms with Crippen molar-refractivity contribution < 1.29 is 4.79 Å². The maximum atomic E-state index is 12.6. The topological polar surface area (TPSA) is 58.1 Å². The normalized spacial score (nSPS) is 15.2. The van der Waals surface area contributed by atoms with E-state index in [2.05, 4.69) is 39.2 Å². The van der Waals surface area contributed by atoms with Gasteiger partial charge in [-0.25, -0.2) is 9.97 Å². The zero-order valence-corrected chi connectivity index (χ0v) is 15.2. The number of hydrogen-bond donors (Lipinski definition) is 1. The van der Waals surface area contributed by atoms with E-state index in [0.29, 0.717) is 0 Å². The number of hydrogen-bond acceptors (Lipinski definition) is 4. The lowest BCUT2D eigenvalue weighted by molar-refractivity contribution is -0.120. The predicted octanol–water partition coefficient (Wildman–Crippen LogP) is 3.51. The molecule has 0 aliphatic carbocycles. The van der Waals surface area contributed by atoms with Crippen LogP contribution in [0, 0.1) is 19.8 Å². The van der Waals surface area contributed by atoms with E-state index in [1.54, 1.807) is 0 Å². The molecule has 0 saturated carbocycles. The minimum absolute atomic E-state index is 0.0486. The highest BCUT2D eigenvalue weighted by Gasteiger charge is 2.26. The van der Waals surface area contributed by atoms with Gasteiger partial charge < -0.3 is 10.2 Å². The standard InChI is InChI=1S/C20H26N4O/c1-4-16-6-5-7-18(13-16)23-19(25)17-8-10-24(11-9-17)20-21-14(2)12-15(3)22-20/h5-7,12-13,17H,4,8-11H2,1-3H3,(H,23,25). The highest BCUT2D eigenvalue weighted by atomic mass is 16.1. The van der Waals surface area contributed by atoms with E-state index >= 15 is 0 Å². The minimum atomic E-state index is 0.0486. The Morgan fingerprint density at radius 1 is 1.16 bits per heavy atom. The second-order valence-electron chi connectivity index (χ2n) is 6.76. The molecule has 1 aliphatic heterocycles. The van der Waals surface area contributed by atoms with Crippen LogP contribution in [0.15, 0.2) is 30.3 Å². The van der Waals surface area contributed by atoms with Crippen molar-refractivity contribution in [1.29, 1.82) is 0 Å². The zero-order valence-electron chi connectivity index (χ0n) is 15.2. The maximum Gasteiger partial charge on any atom is 0.227 e. The molecule has 132 valence electrons. The predicted molar refractivity (Wildman–Crippen MR) is 101 cm³/mol. The van der Waals surface area contributed by atoms with Gasteiger partial charge >= 0.3 is 0 Å². The summed E-state index contributed by atoms with van der Waals surface area (Å²) in [6.45, 7) is 7.73. The fourth-order valence-electron chi connectivity index (χ4n) is 3.30. The Hall–Kier alpha value is -2.43. The molecule has 0 bridgehead atoms. The van der Waals surface area contributed by atoms with Gasteiger partial charge in [0.15, 0.2) is 0 Å². The summed E-state index contributed by atoms with van der Waals surface area (Å²) >= 11 is 0. The fraction of sp³-hybridized carbons (Fsp3) is 0.450. The van der Waals surface area contributed by atoms with Gasteiger partial charge in [0.1, 0.15) is 0 Å². The molecule has 0 atom stereocenters. The summed E-state index contributed by atoms with van der Waals surface area (Å²) in [5.74, 6) is 0.952. The van der Waals surface area contributed by atoms with E-state index in [-0.39, 0.29) is 11.8 Å². The van der Waals surface area contributed by atoms with Gasteiger partial charge in [-0.2, -0.15) is 0 Å². The van der Waals surface area contributed by atoms with Crippen molar-refractivity contribution >= 4 is 17.5 Å². The molecule has 2 aromatic rings. The molecule has 3 rings (SSSR count). The third-order valence-electron chi connectivity index (χ3n) is 4.72. The van der Waals surface area contributed by atoms with Crippen LogP contribution in [0.3, 0.4) is 0 Å². The molecule has 5 nitrogen and oxygen atoms in total. The van der Waals surface area contributed by atoms with Gasteiger partial charge in [0.2, 0.25) is 11.9 Å². The Balaban J connectivity index is 1.58. The lowest BCUT2D eigenvalue weighted by Gasteiger charge is -2.31. The molecule has 1 amide bonds. The Labute approximate surface area is 149 Å². The van der Waals surface area contributed by atoms with Crippen LogP contribution in [-0.2, 0) is 11.2 Å². The molecule has 25 heavy (non-hydrogen) atoms. The number of nitrogens with one attached hydrogen (secondary N) is 1. The van der Waals surface area contributed by atoms with Gasteiger partial charge in [0.05, 0.1) is 0 Å². The van der Waals surface area contributed by atoms with Crippen LogP contribution in [0.2, 0.25) is 0 Å². The fourth-order valence-corrected chi connectivity index (χ4v) is 3.30. The van der Waals surface area contributed by atoms with Crippen LogP contribution in [0.25, 0.3) is 0 Å². The monoisotopic (exact) mass is 338 g/mol. The van der Waals surface area contributed by atoms with Gasteiger partial charge in [-0.05, 0) is 56.9 Å². The molecule has 1 aromatic heterocycles. The smallest absolute Gasteiger partial charge is 0.227 e. The van der Waals surface area contributed by atoms with Crippen LogP contribution in [0.1, 0.15) is 36.7 Å². The van der Waals surface area contributed by atoms with Crippen molar-refractivity contribution in [3.8, 4) is 0 Å². The number of benzene rings is 1. The molecular formula is C20H26N4O. The number of aryl methyl sites for hydroxylation is 3. The number of carbonyl (C=O) groups excluding carboxylic acids is 1. The first-order chi connectivity index (χ1) is 12.0. The van der Waals surface area contributed by atoms with Crippen LogP contribution in [0.5, 0.6) is 0 Å². The largest absolute Gasteiger partial charge is 0.341 e. The summed E-state index contributed by atoms with van der Waals surface area (Å²) in [5, 5.41) is 3.07. The van der Waals surface area contributed by atoms with Gasteiger partial charge in [-0.1, -0.05) is 19.1 Å². The molecule has 1 aromatic carbocycles. The second kappa shape index (κ2) is 7.64. The number of rotatable bonds is 4.